The van der Waals surface area contributed by atoms with Gasteiger partial charge in [0.15, 0.2) is 10.9 Å². The van der Waals surface area contributed by atoms with Crippen molar-refractivity contribution < 1.29 is 9.21 Å². The van der Waals surface area contributed by atoms with Crippen molar-refractivity contribution in [2.75, 3.05) is 0 Å². The van der Waals surface area contributed by atoms with Crippen LogP contribution in [-0.2, 0) is 12.8 Å². The molecule has 0 aromatic carbocycles. The molecular weight excluding hydrogens is 254 g/mol. The van der Waals surface area contributed by atoms with E-state index in [1.165, 1.54) is 11.8 Å². The molecule has 96 valence electrons. The molecule has 18 heavy (non-hydrogen) atoms. The molecule has 0 saturated carbocycles. The van der Waals surface area contributed by atoms with Gasteiger partial charge >= 0.3 is 5.91 Å². The zero-order valence-corrected chi connectivity index (χ0v) is 10.8. The molecule has 0 aliphatic rings. The Morgan fingerprint density at radius 1 is 1.67 bits per heavy atom. The van der Waals surface area contributed by atoms with Gasteiger partial charge in [0.2, 0.25) is 0 Å². The number of amides is 1. The van der Waals surface area contributed by atoms with Crippen molar-refractivity contribution in [1.29, 1.82) is 0 Å². The second-order valence-electron chi connectivity index (χ2n) is 3.68. The number of thioether (sulfide) groups is 1. The first-order valence-electron chi connectivity index (χ1n) is 5.19. The Kier molecular flexibility index (Phi) is 3.68. The van der Waals surface area contributed by atoms with Crippen LogP contribution in [0, 0.1) is 6.92 Å². The minimum absolute atomic E-state index is 0.212. The molecule has 0 aliphatic heterocycles. The highest BCUT2D eigenvalue weighted by molar-refractivity contribution is 7.98. The molecule has 2 heterocycles. The van der Waals surface area contributed by atoms with E-state index in [-0.39, 0.29) is 5.76 Å². The first kappa shape index (κ1) is 12.7. The number of rotatable bonds is 4. The summed E-state index contributed by atoms with van der Waals surface area (Å²) < 4.78 is 7.15. The number of nitrogens with zero attached hydrogens (tertiary/aromatic N) is 3. The van der Waals surface area contributed by atoms with E-state index < -0.39 is 5.91 Å². The Morgan fingerprint density at radius 2 is 2.44 bits per heavy atom. The van der Waals surface area contributed by atoms with Gasteiger partial charge < -0.3 is 8.98 Å². The summed E-state index contributed by atoms with van der Waals surface area (Å²) in [5.74, 6) is 6.17. The summed E-state index contributed by atoms with van der Waals surface area (Å²) in [5.41, 5.74) is 2.97. The summed E-state index contributed by atoms with van der Waals surface area (Å²) in [6.07, 6.45) is 1.64. The van der Waals surface area contributed by atoms with Gasteiger partial charge in [0.1, 0.15) is 12.1 Å². The lowest BCUT2D eigenvalue weighted by Crippen LogP contribution is -2.29. The molecule has 0 fully saturated rings. The van der Waals surface area contributed by atoms with E-state index in [0.29, 0.717) is 11.5 Å². The number of hydrogen-bond donors (Lipinski definition) is 2. The number of nitrogens with two attached hydrogens (primary N) is 1. The minimum atomic E-state index is -0.437. The van der Waals surface area contributed by atoms with Crippen molar-refractivity contribution in [3.05, 3.63) is 29.5 Å². The fraction of sp³-hybridized carbons (Fsp3) is 0.300. The average molecular weight is 267 g/mol. The molecule has 0 atom stereocenters. The molecule has 0 aliphatic carbocycles. The maximum atomic E-state index is 11.3. The number of carbonyl (C=O) groups is 1. The van der Waals surface area contributed by atoms with Gasteiger partial charge in [-0.2, -0.15) is 0 Å². The summed E-state index contributed by atoms with van der Waals surface area (Å²) in [7, 11) is 1.87. The smallest absolute Gasteiger partial charge is 0.300 e. The SMILES string of the molecule is Cc1oc(C(=O)NN)cc1CSc1nncn1C. The molecule has 0 spiro atoms. The van der Waals surface area contributed by atoms with Crippen LogP contribution >= 0.6 is 11.8 Å². The Labute approximate surface area is 108 Å². The van der Waals surface area contributed by atoms with E-state index in [2.05, 4.69) is 10.2 Å². The minimum Gasteiger partial charge on any atom is -0.456 e. The third-order valence-electron chi connectivity index (χ3n) is 2.40. The molecule has 3 N–H and O–H groups in total. The Morgan fingerprint density at radius 3 is 3.06 bits per heavy atom. The first-order chi connectivity index (χ1) is 8.61. The lowest BCUT2D eigenvalue weighted by Gasteiger charge is -1.98. The van der Waals surface area contributed by atoms with Gasteiger partial charge in [-0.15, -0.1) is 10.2 Å². The molecule has 1 amide bonds. The van der Waals surface area contributed by atoms with Crippen LogP contribution in [0.4, 0.5) is 0 Å². The van der Waals surface area contributed by atoms with Gasteiger partial charge in [-0.3, -0.25) is 10.2 Å². The summed E-state index contributed by atoms with van der Waals surface area (Å²) >= 11 is 1.52. The Balaban J connectivity index is 2.08. The first-order valence-corrected chi connectivity index (χ1v) is 6.17. The molecule has 7 nitrogen and oxygen atoms in total. The van der Waals surface area contributed by atoms with Gasteiger partial charge in [0.05, 0.1) is 0 Å². The maximum absolute atomic E-state index is 11.3. The molecule has 0 radical (unpaired) electrons. The van der Waals surface area contributed by atoms with Crippen molar-refractivity contribution in [3.63, 3.8) is 0 Å². The fourth-order valence-corrected chi connectivity index (χ4v) is 2.32. The van der Waals surface area contributed by atoms with E-state index >= 15 is 0 Å². The zero-order valence-electron chi connectivity index (χ0n) is 10.0. The van der Waals surface area contributed by atoms with Gasteiger partial charge in [-0.1, -0.05) is 11.8 Å². The number of nitrogen functional groups attached to an aromatic ring is 1. The van der Waals surface area contributed by atoms with Crippen LogP contribution in [0.1, 0.15) is 21.9 Å². The number of aromatic nitrogens is 3. The Hall–Kier alpha value is -1.80. The summed E-state index contributed by atoms with van der Waals surface area (Å²) in [4.78, 5) is 11.3. The summed E-state index contributed by atoms with van der Waals surface area (Å²) in [6.45, 7) is 1.81. The average Bonchev–Trinajstić information content (AvgIpc) is 2.92. The van der Waals surface area contributed by atoms with Crippen molar-refractivity contribution >= 4 is 17.7 Å². The zero-order chi connectivity index (χ0) is 13.1. The number of hydrazine groups is 1. The largest absolute Gasteiger partial charge is 0.456 e. The predicted molar refractivity (Wildman–Crippen MR) is 65.7 cm³/mol. The van der Waals surface area contributed by atoms with Crippen molar-refractivity contribution in [2.45, 2.75) is 17.8 Å². The predicted octanol–water partition coefficient (Wildman–Crippen LogP) is 0.612. The quantitative estimate of drug-likeness (QED) is 0.364. The molecule has 0 bridgehead atoms. The third kappa shape index (κ3) is 2.54. The lowest BCUT2D eigenvalue weighted by molar-refractivity contribution is 0.0924. The molecule has 0 unspecified atom stereocenters. The number of aryl methyl sites for hydroxylation is 2. The van der Waals surface area contributed by atoms with Crippen molar-refractivity contribution in [1.82, 2.24) is 20.2 Å². The maximum Gasteiger partial charge on any atom is 0.300 e. The van der Waals surface area contributed by atoms with Crippen LogP contribution in [-0.4, -0.2) is 20.7 Å². The van der Waals surface area contributed by atoms with Gasteiger partial charge in [0.25, 0.3) is 0 Å². The van der Waals surface area contributed by atoms with Crippen LogP contribution in [0.3, 0.4) is 0 Å². The van der Waals surface area contributed by atoms with Crippen molar-refractivity contribution in [3.8, 4) is 0 Å². The molecular formula is C10H13N5O2S. The highest BCUT2D eigenvalue weighted by Crippen LogP contribution is 2.24. The second kappa shape index (κ2) is 5.23. The van der Waals surface area contributed by atoms with Crippen LogP contribution in [0.15, 0.2) is 22.0 Å². The van der Waals surface area contributed by atoms with Gasteiger partial charge in [-0.05, 0) is 13.0 Å². The standard InChI is InChI=1S/C10H13N5O2S/c1-6-7(3-8(17-6)9(16)13-11)4-18-10-14-12-5-15(10)2/h3,5H,4,11H2,1-2H3,(H,13,16). The van der Waals surface area contributed by atoms with Crippen LogP contribution in [0.25, 0.3) is 0 Å². The number of carbonyl (C=O) groups excluding carboxylic acids is 1. The van der Waals surface area contributed by atoms with Crippen LogP contribution in [0.2, 0.25) is 0 Å². The van der Waals surface area contributed by atoms with Gasteiger partial charge in [0, 0.05) is 18.4 Å². The molecule has 2 aromatic rings. The van der Waals surface area contributed by atoms with E-state index in [9.17, 15) is 4.79 Å². The van der Waals surface area contributed by atoms with E-state index in [1.54, 1.807) is 19.3 Å². The monoisotopic (exact) mass is 267 g/mol. The summed E-state index contributed by atoms with van der Waals surface area (Å²) in [5, 5.41) is 8.56. The van der Waals surface area contributed by atoms with E-state index in [1.807, 2.05) is 17.0 Å². The molecule has 2 rings (SSSR count). The second-order valence-corrected chi connectivity index (χ2v) is 4.62. The molecule has 8 heteroatoms. The van der Waals surface area contributed by atoms with Crippen LogP contribution in [0.5, 0.6) is 0 Å². The highest BCUT2D eigenvalue weighted by atomic mass is 32.2. The number of hydrogen-bond acceptors (Lipinski definition) is 6. The van der Waals surface area contributed by atoms with Gasteiger partial charge in [-0.25, -0.2) is 5.84 Å². The number of nitrogens with one attached hydrogen (secondary N) is 1. The van der Waals surface area contributed by atoms with E-state index in [4.69, 9.17) is 10.3 Å². The number of furan rings is 1. The summed E-state index contributed by atoms with van der Waals surface area (Å²) in [6, 6.07) is 1.68. The molecule has 0 saturated heterocycles. The normalized spacial score (nSPS) is 10.6. The highest BCUT2D eigenvalue weighted by Gasteiger charge is 2.14. The van der Waals surface area contributed by atoms with E-state index in [0.717, 1.165) is 10.7 Å². The lowest BCUT2D eigenvalue weighted by atomic mass is 10.3. The van der Waals surface area contributed by atoms with Crippen LogP contribution < -0.4 is 11.3 Å². The fourth-order valence-electron chi connectivity index (χ4n) is 1.39. The molecule has 2 aromatic heterocycles. The Bertz CT molecular complexity index is 562. The van der Waals surface area contributed by atoms with Crippen molar-refractivity contribution in [2.24, 2.45) is 12.9 Å². The topological polar surface area (TPSA) is 99.0 Å². The third-order valence-corrected chi connectivity index (χ3v) is 3.49.